The van der Waals surface area contributed by atoms with Gasteiger partial charge in [-0.3, -0.25) is 4.79 Å². The molecular formula is C20H23N7O. The first-order valence-electron chi connectivity index (χ1n) is 9.74. The predicted molar refractivity (Wildman–Crippen MR) is 109 cm³/mol. The molecule has 0 spiro atoms. The van der Waals surface area contributed by atoms with Crippen LogP contribution in [0.25, 0.3) is 11.0 Å². The van der Waals surface area contributed by atoms with Crippen LogP contribution in [0.4, 0.5) is 17.3 Å². The highest BCUT2D eigenvalue weighted by atomic mass is 16.2. The normalized spacial score (nSPS) is 17.2. The highest BCUT2D eigenvalue weighted by Crippen LogP contribution is 2.30. The van der Waals surface area contributed by atoms with E-state index in [0.29, 0.717) is 5.82 Å². The Balaban J connectivity index is 1.24. The number of carbonyl (C=O) groups excluding carboxylic acids is 1. The van der Waals surface area contributed by atoms with Crippen molar-refractivity contribution >= 4 is 34.3 Å². The van der Waals surface area contributed by atoms with E-state index < -0.39 is 0 Å². The van der Waals surface area contributed by atoms with Crippen LogP contribution in [0.5, 0.6) is 0 Å². The lowest BCUT2D eigenvalue weighted by atomic mass is 10.2. The Bertz CT molecular complexity index is 1000. The molecule has 2 aliphatic rings. The monoisotopic (exact) mass is 377 g/mol. The first kappa shape index (κ1) is 17.0. The maximum absolute atomic E-state index is 11.8. The lowest BCUT2D eigenvalue weighted by molar-refractivity contribution is -0.117. The molecule has 1 amide bonds. The van der Waals surface area contributed by atoms with Gasteiger partial charge in [-0.1, -0.05) is 0 Å². The zero-order chi connectivity index (χ0) is 19.1. The average Bonchev–Trinajstić information content (AvgIpc) is 3.49. The van der Waals surface area contributed by atoms with Gasteiger partial charge in [-0.15, -0.1) is 0 Å². The maximum atomic E-state index is 11.8. The Morgan fingerprint density at radius 1 is 1.11 bits per heavy atom. The summed E-state index contributed by atoms with van der Waals surface area (Å²) in [6.45, 7) is 5.57. The minimum atomic E-state index is 0.0876. The SMILES string of the molecule is Cc1cc2ncnc(N3CCN(c4ccc(NC(=O)C5CC5)nc4)CC3)c2[nH]1. The summed E-state index contributed by atoms with van der Waals surface area (Å²) >= 11 is 0. The van der Waals surface area contributed by atoms with Gasteiger partial charge in [0.05, 0.1) is 17.4 Å². The smallest absolute Gasteiger partial charge is 0.228 e. The number of carbonyl (C=O) groups is 1. The zero-order valence-electron chi connectivity index (χ0n) is 15.9. The number of hydrogen-bond donors (Lipinski definition) is 2. The van der Waals surface area contributed by atoms with Gasteiger partial charge in [0, 0.05) is 37.8 Å². The zero-order valence-corrected chi connectivity index (χ0v) is 15.9. The van der Waals surface area contributed by atoms with Crippen molar-refractivity contribution in [1.29, 1.82) is 0 Å². The van der Waals surface area contributed by atoms with Gasteiger partial charge in [-0.2, -0.15) is 0 Å². The molecule has 0 aromatic carbocycles. The number of fused-ring (bicyclic) bond motifs is 1. The number of piperazine rings is 1. The molecule has 8 nitrogen and oxygen atoms in total. The summed E-state index contributed by atoms with van der Waals surface area (Å²) in [5.74, 6) is 1.87. The van der Waals surface area contributed by atoms with Gasteiger partial charge < -0.3 is 20.1 Å². The summed E-state index contributed by atoms with van der Waals surface area (Å²) in [6, 6.07) is 5.96. The number of hydrogen-bond acceptors (Lipinski definition) is 6. The van der Waals surface area contributed by atoms with Gasteiger partial charge >= 0.3 is 0 Å². The van der Waals surface area contributed by atoms with Crippen molar-refractivity contribution in [2.75, 3.05) is 41.3 Å². The van der Waals surface area contributed by atoms with E-state index in [1.165, 1.54) is 0 Å². The molecule has 2 fully saturated rings. The van der Waals surface area contributed by atoms with Crippen LogP contribution in [0.1, 0.15) is 18.5 Å². The fourth-order valence-corrected chi connectivity index (χ4v) is 3.69. The lowest BCUT2D eigenvalue weighted by Crippen LogP contribution is -2.47. The fraction of sp³-hybridized carbons (Fsp3) is 0.400. The van der Waals surface area contributed by atoms with Crippen molar-refractivity contribution in [2.45, 2.75) is 19.8 Å². The van der Waals surface area contributed by atoms with Crippen LogP contribution in [0.2, 0.25) is 0 Å². The first-order chi connectivity index (χ1) is 13.7. The molecule has 1 aliphatic heterocycles. The largest absolute Gasteiger partial charge is 0.367 e. The van der Waals surface area contributed by atoms with E-state index in [4.69, 9.17) is 0 Å². The van der Waals surface area contributed by atoms with Crippen LogP contribution in [-0.4, -0.2) is 52.0 Å². The fourth-order valence-electron chi connectivity index (χ4n) is 3.69. The number of nitrogens with zero attached hydrogens (tertiary/aromatic N) is 5. The molecule has 5 rings (SSSR count). The third kappa shape index (κ3) is 3.26. The Kier molecular flexibility index (Phi) is 4.11. The lowest BCUT2D eigenvalue weighted by Gasteiger charge is -2.36. The molecule has 3 aromatic rings. The molecule has 1 aliphatic carbocycles. The highest BCUT2D eigenvalue weighted by molar-refractivity contribution is 5.93. The Morgan fingerprint density at radius 3 is 2.61 bits per heavy atom. The Labute approximate surface area is 163 Å². The summed E-state index contributed by atoms with van der Waals surface area (Å²) in [5.41, 5.74) is 4.13. The van der Waals surface area contributed by atoms with E-state index in [0.717, 1.165) is 67.3 Å². The third-order valence-electron chi connectivity index (χ3n) is 5.42. The van der Waals surface area contributed by atoms with Gasteiger partial charge in [0.15, 0.2) is 5.82 Å². The van der Waals surface area contributed by atoms with Crippen molar-refractivity contribution in [1.82, 2.24) is 19.9 Å². The molecule has 0 radical (unpaired) electrons. The average molecular weight is 377 g/mol. The second-order valence-corrected chi connectivity index (χ2v) is 7.55. The standard InChI is InChI=1S/C20H23N7O/c1-13-10-16-18(24-13)19(23-12-22-16)27-8-6-26(7-9-27)15-4-5-17(21-11-15)25-20(28)14-2-3-14/h4-5,10-12,14,24H,2-3,6-9H2,1H3,(H,21,25,28). The number of H-pyrrole nitrogens is 1. The topological polar surface area (TPSA) is 90.0 Å². The van der Waals surface area contributed by atoms with Crippen LogP contribution in [0, 0.1) is 12.8 Å². The maximum Gasteiger partial charge on any atom is 0.228 e. The van der Waals surface area contributed by atoms with Crippen molar-refractivity contribution in [3.05, 3.63) is 36.4 Å². The Hall–Kier alpha value is -3.16. The molecule has 28 heavy (non-hydrogen) atoms. The predicted octanol–water partition coefficient (Wildman–Crippen LogP) is 2.34. The van der Waals surface area contributed by atoms with E-state index in [1.807, 2.05) is 31.3 Å². The molecule has 8 heteroatoms. The summed E-state index contributed by atoms with van der Waals surface area (Å²) in [7, 11) is 0. The number of amides is 1. The van der Waals surface area contributed by atoms with Gasteiger partial charge in [-0.05, 0) is 38.0 Å². The number of anilines is 3. The molecule has 4 heterocycles. The van der Waals surface area contributed by atoms with Crippen molar-refractivity contribution in [3.63, 3.8) is 0 Å². The number of aryl methyl sites for hydroxylation is 1. The summed E-state index contributed by atoms with van der Waals surface area (Å²) < 4.78 is 0. The number of rotatable bonds is 4. The van der Waals surface area contributed by atoms with Gasteiger partial charge in [0.25, 0.3) is 0 Å². The molecular weight excluding hydrogens is 354 g/mol. The van der Waals surface area contributed by atoms with Crippen LogP contribution < -0.4 is 15.1 Å². The molecule has 0 bridgehead atoms. The molecule has 3 aromatic heterocycles. The molecule has 0 atom stereocenters. The second kappa shape index (κ2) is 6.78. The number of aromatic amines is 1. The molecule has 1 saturated heterocycles. The van der Waals surface area contributed by atoms with E-state index in [1.54, 1.807) is 6.33 Å². The van der Waals surface area contributed by atoms with Gasteiger partial charge in [-0.25, -0.2) is 15.0 Å². The Morgan fingerprint density at radius 2 is 1.89 bits per heavy atom. The molecule has 2 N–H and O–H groups in total. The van der Waals surface area contributed by atoms with E-state index in [9.17, 15) is 4.79 Å². The summed E-state index contributed by atoms with van der Waals surface area (Å²) in [4.78, 5) is 33.1. The van der Waals surface area contributed by atoms with Crippen LogP contribution in [-0.2, 0) is 4.79 Å². The second-order valence-electron chi connectivity index (χ2n) is 7.55. The molecule has 1 saturated carbocycles. The van der Waals surface area contributed by atoms with Crippen molar-refractivity contribution in [2.24, 2.45) is 5.92 Å². The quantitative estimate of drug-likeness (QED) is 0.725. The molecule has 0 unspecified atom stereocenters. The third-order valence-corrected chi connectivity index (χ3v) is 5.42. The number of nitrogens with one attached hydrogen (secondary N) is 2. The minimum absolute atomic E-state index is 0.0876. The first-order valence-corrected chi connectivity index (χ1v) is 9.74. The van der Waals surface area contributed by atoms with Crippen LogP contribution in [0.3, 0.4) is 0 Å². The van der Waals surface area contributed by atoms with E-state index >= 15 is 0 Å². The summed E-state index contributed by atoms with van der Waals surface area (Å²) in [5, 5.41) is 2.89. The highest BCUT2D eigenvalue weighted by Gasteiger charge is 2.29. The number of pyridine rings is 1. The number of aromatic nitrogens is 4. The molecule has 144 valence electrons. The van der Waals surface area contributed by atoms with Crippen LogP contribution >= 0.6 is 0 Å². The van der Waals surface area contributed by atoms with Gasteiger partial charge in [0.1, 0.15) is 17.7 Å². The van der Waals surface area contributed by atoms with E-state index in [-0.39, 0.29) is 11.8 Å². The van der Waals surface area contributed by atoms with E-state index in [2.05, 4.69) is 35.1 Å². The van der Waals surface area contributed by atoms with Gasteiger partial charge in [0.2, 0.25) is 5.91 Å². The summed E-state index contributed by atoms with van der Waals surface area (Å²) in [6.07, 6.45) is 5.47. The van der Waals surface area contributed by atoms with Crippen molar-refractivity contribution < 1.29 is 4.79 Å². The minimum Gasteiger partial charge on any atom is -0.367 e. The van der Waals surface area contributed by atoms with Crippen LogP contribution in [0.15, 0.2) is 30.7 Å². The van der Waals surface area contributed by atoms with Crippen molar-refractivity contribution in [3.8, 4) is 0 Å².